The van der Waals surface area contributed by atoms with Crippen molar-refractivity contribution in [2.75, 3.05) is 16.6 Å². The lowest BCUT2D eigenvalue weighted by atomic mass is 10.2. The van der Waals surface area contributed by atoms with Crippen LogP contribution in [0.3, 0.4) is 0 Å². The van der Waals surface area contributed by atoms with E-state index in [-0.39, 0.29) is 31.9 Å². The molecule has 0 aliphatic rings. The number of nitriles is 1. The van der Waals surface area contributed by atoms with Crippen molar-refractivity contribution in [3.8, 4) is 11.8 Å². The molecular formula is C20H16ClN3O5S2. The first-order valence-electron chi connectivity index (χ1n) is 8.64. The molecule has 0 amide bonds. The molecule has 0 saturated carbocycles. The van der Waals surface area contributed by atoms with Gasteiger partial charge in [0, 0.05) is 0 Å². The molecule has 3 rings (SSSR count). The molecule has 3 aromatic rings. The monoisotopic (exact) mass is 477 g/mol. The lowest BCUT2D eigenvalue weighted by Crippen LogP contribution is -2.16. The van der Waals surface area contributed by atoms with Crippen molar-refractivity contribution in [3.05, 3.63) is 77.3 Å². The molecule has 0 unspecified atom stereocenters. The second kappa shape index (κ2) is 8.85. The van der Waals surface area contributed by atoms with Crippen LogP contribution >= 0.6 is 11.6 Å². The normalized spacial score (nSPS) is 11.4. The molecule has 0 heterocycles. The minimum atomic E-state index is -4.07. The average Bonchev–Trinajstić information content (AvgIpc) is 2.75. The summed E-state index contributed by atoms with van der Waals surface area (Å²) in [5, 5.41) is 9.07. The van der Waals surface area contributed by atoms with Crippen molar-refractivity contribution in [1.82, 2.24) is 0 Å². The summed E-state index contributed by atoms with van der Waals surface area (Å²) in [5.74, 6) is 0.119. The number of nitrogens with one attached hydrogen (secondary N) is 2. The third-order valence-corrected chi connectivity index (χ3v) is 7.21. The molecule has 11 heteroatoms. The summed E-state index contributed by atoms with van der Waals surface area (Å²) in [6, 6.07) is 17.2. The zero-order valence-corrected chi connectivity index (χ0v) is 18.4. The van der Waals surface area contributed by atoms with Crippen molar-refractivity contribution in [2.24, 2.45) is 0 Å². The zero-order chi connectivity index (χ0) is 22.6. The minimum Gasteiger partial charge on any atom is -0.495 e. The molecule has 0 fully saturated rings. The van der Waals surface area contributed by atoms with Crippen LogP contribution in [0.25, 0.3) is 0 Å². The number of rotatable bonds is 7. The van der Waals surface area contributed by atoms with Crippen LogP contribution in [0.4, 0.5) is 11.4 Å². The van der Waals surface area contributed by atoms with Crippen LogP contribution < -0.4 is 14.2 Å². The van der Waals surface area contributed by atoms with E-state index in [0.717, 1.165) is 6.07 Å². The molecule has 0 saturated heterocycles. The summed E-state index contributed by atoms with van der Waals surface area (Å²) in [4.78, 5) is -0.304. The second-order valence-corrected chi connectivity index (χ2v) is 9.96. The molecule has 0 spiro atoms. The van der Waals surface area contributed by atoms with E-state index in [1.54, 1.807) is 12.1 Å². The maximum atomic E-state index is 12.8. The van der Waals surface area contributed by atoms with Crippen LogP contribution in [-0.4, -0.2) is 23.9 Å². The number of sulfonamides is 2. The number of methoxy groups -OCH3 is 1. The van der Waals surface area contributed by atoms with Gasteiger partial charge in [-0.25, -0.2) is 16.8 Å². The van der Waals surface area contributed by atoms with Gasteiger partial charge in [-0.15, -0.1) is 0 Å². The molecule has 0 aliphatic heterocycles. The van der Waals surface area contributed by atoms with E-state index in [2.05, 4.69) is 9.44 Å². The predicted octanol–water partition coefficient (Wildman–Crippen LogP) is 3.82. The highest BCUT2D eigenvalue weighted by Gasteiger charge is 2.21. The van der Waals surface area contributed by atoms with Crippen molar-refractivity contribution < 1.29 is 21.6 Å². The molecule has 0 atom stereocenters. The van der Waals surface area contributed by atoms with Crippen molar-refractivity contribution >= 4 is 43.0 Å². The molecular weight excluding hydrogens is 462 g/mol. The van der Waals surface area contributed by atoms with Crippen molar-refractivity contribution in [2.45, 2.75) is 9.79 Å². The average molecular weight is 478 g/mol. The van der Waals surface area contributed by atoms with Gasteiger partial charge in [0.15, 0.2) is 0 Å². The Kier molecular flexibility index (Phi) is 6.40. The van der Waals surface area contributed by atoms with Crippen molar-refractivity contribution in [1.29, 1.82) is 5.26 Å². The van der Waals surface area contributed by atoms with Gasteiger partial charge < -0.3 is 4.74 Å². The van der Waals surface area contributed by atoms with E-state index in [4.69, 9.17) is 21.6 Å². The highest BCUT2D eigenvalue weighted by atomic mass is 35.5. The molecule has 2 N–H and O–H groups in total. The summed E-state index contributed by atoms with van der Waals surface area (Å²) < 4.78 is 60.9. The van der Waals surface area contributed by atoms with Gasteiger partial charge in [-0.3, -0.25) is 9.44 Å². The molecule has 160 valence electrons. The fraction of sp³-hybridized carbons (Fsp3) is 0.0500. The Labute approximate surface area is 185 Å². The Morgan fingerprint density at radius 2 is 1.42 bits per heavy atom. The molecule has 0 radical (unpaired) electrons. The number of ether oxygens (including phenoxy) is 1. The Balaban J connectivity index is 1.97. The number of hydrogen-bond acceptors (Lipinski definition) is 6. The highest BCUT2D eigenvalue weighted by Crippen LogP contribution is 2.31. The first-order valence-corrected chi connectivity index (χ1v) is 12.0. The van der Waals surface area contributed by atoms with Gasteiger partial charge in [-0.05, 0) is 54.6 Å². The number of hydrogen-bond donors (Lipinski definition) is 2. The summed E-state index contributed by atoms with van der Waals surface area (Å²) in [6.07, 6.45) is 0. The highest BCUT2D eigenvalue weighted by molar-refractivity contribution is 7.93. The van der Waals surface area contributed by atoms with Gasteiger partial charge >= 0.3 is 0 Å². The van der Waals surface area contributed by atoms with Crippen LogP contribution in [0.5, 0.6) is 5.75 Å². The number of nitrogens with zero attached hydrogens (tertiary/aromatic N) is 1. The fourth-order valence-corrected chi connectivity index (χ4v) is 5.00. The van der Waals surface area contributed by atoms with E-state index in [9.17, 15) is 16.8 Å². The lowest BCUT2D eigenvalue weighted by molar-refractivity contribution is 0.416. The number of anilines is 2. The van der Waals surface area contributed by atoms with Crippen LogP contribution in [-0.2, 0) is 20.0 Å². The standard InChI is InChI=1S/C20H16ClN3O5S2/c1-29-20-11-10-16(31(27,28)23-18-5-3-2-4-17(18)21)12-19(20)24-30(25,26)15-8-6-14(13-22)7-9-15/h2-12,23-24H,1H3. The van der Waals surface area contributed by atoms with E-state index in [0.29, 0.717) is 5.56 Å². The second-order valence-electron chi connectivity index (χ2n) is 6.19. The van der Waals surface area contributed by atoms with E-state index >= 15 is 0 Å². The third kappa shape index (κ3) is 5.08. The number of halogens is 1. The zero-order valence-electron chi connectivity index (χ0n) is 16.0. The van der Waals surface area contributed by atoms with E-state index in [1.165, 1.54) is 55.6 Å². The largest absolute Gasteiger partial charge is 0.495 e. The maximum absolute atomic E-state index is 12.8. The molecule has 3 aromatic carbocycles. The van der Waals surface area contributed by atoms with Gasteiger partial charge in [-0.1, -0.05) is 23.7 Å². The number of benzene rings is 3. The Morgan fingerprint density at radius 1 is 0.839 bits per heavy atom. The van der Waals surface area contributed by atoms with Gasteiger partial charge in [0.05, 0.1) is 44.9 Å². The van der Waals surface area contributed by atoms with E-state index in [1.807, 2.05) is 6.07 Å². The van der Waals surface area contributed by atoms with Crippen LogP contribution in [0.15, 0.2) is 76.5 Å². The summed E-state index contributed by atoms with van der Waals surface area (Å²) >= 11 is 6.01. The number of para-hydroxylation sites is 1. The molecule has 0 bridgehead atoms. The lowest BCUT2D eigenvalue weighted by Gasteiger charge is -2.15. The Morgan fingerprint density at radius 3 is 2.03 bits per heavy atom. The van der Waals surface area contributed by atoms with Crippen LogP contribution in [0.1, 0.15) is 5.56 Å². The Hall–Kier alpha value is -3.26. The van der Waals surface area contributed by atoms with Gasteiger partial charge in [-0.2, -0.15) is 5.26 Å². The summed E-state index contributed by atoms with van der Waals surface area (Å²) in [5.41, 5.74) is 0.406. The third-order valence-electron chi connectivity index (χ3n) is 4.14. The smallest absolute Gasteiger partial charge is 0.262 e. The first kappa shape index (κ1) is 22.4. The SMILES string of the molecule is COc1ccc(S(=O)(=O)Nc2ccccc2Cl)cc1NS(=O)(=O)c1ccc(C#N)cc1. The van der Waals surface area contributed by atoms with Gasteiger partial charge in [0.1, 0.15) is 5.75 Å². The Bertz CT molecular complexity index is 1370. The summed E-state index contributed by atoms with van der Waals surface area (Å²) in [7, 11) is -6.82. The van der Waals surface area contributed by atoms with Gasteiger partial charge in [0.2, 0.25) is 0 Å². The molecule has 8 nitrogen and oxygen atoms in total. The van der Waals surface area contributed by atoms with E-state index < -0.39 is 20.0 Å². The first-order chi connectivity index (χ1) is 14.7. The minimum absolute atomic E-state index is 0.0751. The van der Waals surface area contributed by atoms with Gasteiger partial charge in [0.25, 0.3) is 20.0 Å². The fourth-order valence-electron chi connectivity index (χ4n) is 2.59. The molecule has 0 aromatic heterocycles. The van der Waals surface area contributed by atoms with Crippen molar-refractivity contribution in [3.63, 3.8) is 0 Å². The topological polar surface area (TPSA) is 125 Å². The quantitative estimate of drug-likeness (QED) is 0.532. The summed E-state index contributed by atoms with van der Waals surface area (Å²) in [6.45, 7) is 0. The van der Waals surface area contributed by atoms with Crippen LogP contribution in [0.2, 0.25) is 5.02 Å². The predicted molar refractivity (Wildman–Crippen MR) is 117 cm³/mol. The van der Waals surface area contributed by atoms with Crippen LogP contribution in [0, 0.1) is 11.3 Å². The molecule has 0 aliphatic carbocycles. The molecule has 31 heavy (non-hydrogen) atoms. The maximum Gasteiger partial charge on any atom is 0.262 e.